The van der Waals surface area contributed by atoms with Gasteiger partial charge in [-0.15, -0.1) is 11.8 Å². The number of thioether (sulfide) groups is 1. The van der Waals surface area contributed by atoms with Crippen molar-refractivity contribution >= 4 is 23.6 Å². The zero-order valence-electron chi connectivity index (χ0n) is 15.5. The highest BCUT2D eigenvalue weighted by Crippen LogP contribution is 2.30. The minimum absolute atomic E-state index is 0.00643. The van der Waals surface area contributed by atoms with Gasteiger partial charge >= 0.3 is 0 Å². The lowest BCUT2D eigenvalue weighted by Crippen LogP contribution is -2.32. The molecule has 2 aliphatic rings. The fourth-order valence-electron chi connectivity index (χ4n) is 3.11. The van der Waals surface area contributed by atoms with Crippen LogP contribution in [0.2, 0.25) is 0 Å². The molecule has 4 nitrogen and oxygen atoms in total. The molecule has 0 saturated heterocycles. The Hall–Kier alpha value is -2.27. The van der Waals surface area contributed by atoms with Crippen molar-refractivity contribution in [3.05, 3.63) is 65.2 Å². The number of nitrogens with one attached hydrogen (secondary N) is 1. The van der Waals surface area contributed by atoms with Crippen molar-refractivity contribution in [2.24, 2.45) is 0 Å². The molecule has 0 heterocycles. The second-order valence-corrected chi connectivity index (χ2v) is 8.22. The van der Waals surface area contributed by atoms with Gasteiger partial charge in [-0.05, 0) is 73.9 Å². The molecular weight excluding hydrogens is 356 g/mol. The summed E-state index contributed by atoms with van der Waals surface area (Å²) in [7, 11) is 0. The van der Waals surface area contributed by atoms with Gasteiger partial charge in [-0.25, -0.2) is 0 Å². The molecule has 4 rings (SSSR count). The van der Waals surface area contributed by atoms with Crippen LogP contribution in [-0.2, 0) is 6.54 Å². The Morgan fingerprint density at radius 1 is 0.963 bits per heavy atom. The van der Waals surface area contributed by atoms with Crippen LogP contribution in [-0.4, -0.2) is 35.1 Å². The van der Waals surface area contributed by atoms with Gasteiger partial charge in [0.15, 0.2) is 0 Å². The van der Waals surface area contributed by atoms with Crippen LogP contribution in [0.25, 0.3) is 0 Å². The summed E-state index contributed by atoms with van der Waals surface area (Å²) in [4.78, 5) is 28.2. The van der Waals surface area contributed by atoms with Crippen molar-refractivity contribution in [1.82, 2.24) is 10.2 Å². The molecule has 2 aliphatic carbocycles. The second kappa shape index (κ2) is 7.77. The summed E-state index contributed by atoms with van der Waals surface area (Å²) >= 11 is 1.67. The van der Waals surface area contributed by atoms with Crippen molar-refractivity contribution in [2.45, 2.75) is 49.2 Å². The fraction of sp³-hybridized carbons (Fsp3) is 0.364. The number of carbonyl (C=O) groups excluding carboxylic acids is 2. The van der Waals surface area contributed by atoms with E-state index in [0.29, 0.717) is 24.2 Å². The number of rotatable bonds is 7. The van der Waals surface area contributed by atoms with Crippen molar-refractivity contribution < 1.29 is 9.59 Å². The predicted molar refractivity (Wildman–Crippen MR) is 108 cm³/mol. The molecular formula is C22H24N2O2S. The zero-order valence-corrected chi connectivity index (χ0v) is 16.3. The number of hydrogen-bond acceptors (Lipinski definition) is 3. The molecule has 0 spiro atoms. The molecule has 5 heteroatoms. The highest BCUT2D eigenvalue weighted by molar-refractivity contribution is 7.98. The lowest BCUT2D eigenvalue weighted by molar-refractivity contribution is 0.0729. The Kier molecular flexibility index (Phi) is 5.21. The Balaban J connectivity index is 1.44. The molecule has 2 aromatic rings. The van der Waals surface area contributed by atoms with Crippen LogP contribution in [0.3, 0.4) is 0 Å². The average Bonchev–Trinajstić information content (AvgIpc) is 3.61. The molecule has 0 aliphatic heterocycles. The van der Waals surface area contributed by atoms with E-state index in [1.54, 1.807) is 11.8 Å². The van der Waals surface area contributed by atoms with Gasteiger partial charge in [-0.1, -0.05) is 12.1 Å². The Bertz CT molecular complexity index is 824. The molecule has 140 valence electrons. The summed E-state index contributed by atoms with van der Waals surface area (Å²) in [5, 5.41) is 3.00. The van der Waals surface area contributed by atoms with Crippen LogP contribution in [0, 0.1) is 0 Å². The van der Waals surface area contributed by atoms with E-state index in [4.69, 9.17) is 0 Å². The van der Waals surface area contributed by atoms with Crippen LogP contribution in [0.5, 0.6) is 0 Å². The summed E-state index contributed by atoms with van der Waals surface area (Å²) in [6, 6.07) is 16.1. The third-order valence-corrected chi connectivity index (χ3v) is 5.81. The molecule has 0 unspecified atom stereocenters. The van der Waals surface area contributed by atoms with Gasteiger partial charge in [-0.3, -0.25) is 9.59 Å². The number of benzene rings is 2. The van der Waals surface area contributed by atoms with Crippen LogP contribution in [0.15, 0.2) is 53.4 Å². The maximum Gasteiger partial charge on any atom is 0.254 e. The third kappa shape index (κ3) is 4.53. The summed E-state index contributed by atoms with van der Waals surface area (Å²) in [5.74, 6) is 0.0776. The van der Waals surface area contributed by atoms with Gasteiger partial charge in [-0.2, -0.15) is 0 Å². The largest absolute Gasteiger partial charge is 0.349 e. The Labute approximate surface area is 164 Å². The first kappa shape index (κ1) is 18.1. The van der Waals surface area contributed by atoms with Crippen molar-refractivity contribution in [3.8, 4) is 0 Å². The van der Waals surface area contributed by atoms with E-state index in [9.17, 15) is 9.59 Å². The molecule has 27 heavy (non-hydrogen) atoms. The minimum Gasteiger partial charge on any atom is -0.349 e. The van der Waals surface area contributed by atoms with E-state index < -0.39 is 0 Å². The maximum absolute atomic E-state index is 13.0. The smallest absolute Gasteiger partial charge is 0.254 e. The topological polar surface area (TPSA) is 49.4 Å². The van der Waals surface area contributed by atoms with E-state index in [2.05, 4.69) is 5.32 Å². The van der Waals surface area contributed by atoms with Crippen LogP contribution in [0.1, 0.15) is 52.0 Å². The normalized spacial score (nSPS) is 16.0. The molecule has 0 radical (unpaired) electrons. The molecule has 2 saturated carbocycles. The lowest BCUT2D eigenvalue weighted by atomic mass is 10.1. The maximum atomic E-state index is 13.0. The zero-order chi connectivity index (χ0) is 18.8. The summed E-state index contributed by atoms with van der Waals surface area (Å²) in [5.41, 5.74) is 2.47. The SMILES string of the molecule is CSc1ccc(C(=O)N(Cc2ccc(C(=O)NC3CC3)cc2)C2CC2)cc1. The monoisotopic (exact) mass is 380 g/mol. The number of hydrogen-bond donors (Lipinski definition) is 1. The van der Waals surface area contributed by atoms with E-state index in [1.165, 1.54) is 0 Å². The number of carbonyl (C=O) groups is 2. The quantitative estimate of drug-likeness (QED) is 0.736. The third-order valence-electron chi connectivity index (χ3n) is 5.07. The van der Waals surface area contributed by atoms with Crippen molar-refractivity contribution in [1.29, 1.82) is 0 Å². The molecule has 0 atom stereocenters. The van der Waals surface area contributed by atoms with Gasteiger partial charge < -0.3 is 10.2 Å². The number of amides is 2. The van der Waals surface area contributed by atoms with E-state index in [-0.39, 0.29) is 11.8 Å². The summed E-state index contributed by atoms with van der Waals surface area (Å²) in [6.45, 7) is 0.582. The van der Waals surface area contributed by atoms with Crippen LogP contribution < -0.4 is 5.32 Å². The average molecular weight is 381 g/mol. The molecule has 2 fully saturated rings. The van der Waals surface area contributed by atoms with E-state index in [0.717, 1.165) is 41.7 Å². The Morgan fingerprint density at radius 2 is 1.59 bits per heavy atom. The summed E-state index contributed by atoms with van der Waals surface area (Å²) in [6.07, 6.45) is 6.33. The molecule has 0 bridgehead atoms. The number of nitrogens with zero attached hydrogens (tertiary/aromatic N) is 1. The second-order valence-electron chi connectivity index (χ2n) is 7.34. The van der Waals surface area contributed by atoms with Crippen LogP contribution >= 0.6 is 11.8 Å². The molecule has 0 aromatic heterocycles. The van der Waals surface area contributed by atoms with Gasteiger partial charge in [0.05, 0.1) is 0 Å². The van der Waals surface area contributed by atoms with Gasteiger partial charge in [0.2, 0.25) is 0 Å². The van der Waals surface area contributed by atoms with Gasteiger partial charge in [0.25, 0.3) is 11.8 Å². The van der Waals surface area contributed by atoms with Crippen molar-refractivity contribution in [2.75, 3.05) is 6.26 Å². The molecule has 2 aromatic carbocycles. The minimum atomic E-state index is -0.00643. The standard InChI is InChI=1S/C22H24N2O2S/c1-27-20-12-6-17(7-13-20)22(26)24(19-10-11-19)14-15-2-4-16(5-3-15)21(25)23-18-8-9-18/h2-7,12-13,18-19H,8-11,14H2,1H3,(H,23,25). The lowest BCUT2D eigenvalue weighted by Gasteiger charge is -2.23. The fourth-order valence-corrected chi connectivity index (χ4v) is 3.52. The van der Waals surface area contributed by atoms with Gasteiger partial charge in [0, 0.05) is 34.7 Å². The first-order valence-corrected chi connectivity index (χ1v) is 10.7. The molecule has 1 N–H and O–H groups in total. The van der Waals surface area contributed by atoms with Crippen LogP contribution in [0.4, 0.5) is 0 Å². The first-order valence-electron chi connectivity index (χ1n) is 9.49. The predicted octanol–water partition coefficient (Wildman–Crippen LogP) is 4.11. The van der Waals surface area contributed by atoms with Gasteiger partial charge in [0.1, 0.15) is 0 Å². The van der Waals surface area contributed by atoms with E-state index >= 15 is 0 Å². The first-order chi connectivity index (χ1) is 13.1. The molecule has 2 amide bonds. The van der Waals surface area contributed by atoms with E-state index in [1.807, 2.05) is 59.7 Å². The summed E-state index contributed by atoms with van der Waals surface area (Å²) < 4.78 is 0. The highest BCUT2D eigenvalue weighted by Gasteiger charge is 2.33. The van der Waals surface area contributed by atoms with Crippen molar-refractivity contribution in [3.63, 3.8) is 0 Å². The Morgan fingerprint density at radius 3 is 2.15 bits per heavy atom. The highest BCUT2D eigenvalue weighted by atomic mass is 32.2.